The summed E-state index contributed by atoms with van der Waals surface area (Å²) < 4.78 is 41.2. The summed E-state index contributed by atoms with van der Waals surface area (Å²) >= 11 is 0. The Kier molecular flexibility index (Phi) is 4.01. The molecule has 0 fully saturated rings. The SMILES string of the molecule is COc1ccc2c(c1)C(=CCNC(=O)C(F)(F)F)CC2. The monoisotopic (exact) mass is 285 g/mol. The van der Waals surface area contributed by atoms with Gasteiger partial charge in [-0.15, -0.1) is 0 Å². The van der Waals surface area contributed by atoms with Crippen molar-refractivity contribution in [3.63, 3.8) is 0 Å². The van der Waals surface area contributed by atoms with Gasteiger partial charge in [0.05, 0.1) is 7.11 Å². The van der Waals surface area contributed by atoms with Crippen molar-refractivity contribution in [3.8, 4) is 5.75 Å². The highest BCUT2D eigenvalue weighted by atomic mass is 19.4. The fourth-order valence-electron chi connectivity index (χ4n) is 2.18. The van der Waals surface area contributed by atoms with Crippen LogP contribution in [0.1, 0.15) is 17.5 Å². The van der Waals surface area contributed by atoms with E-state index in [1.54, 1.807) is 13.2 Å². The Labute approximate surface area is 114 Å². The molecule has 108 valence electrons. The van der Waals surface area contributed by atoms with Gasteiger partial charge in [-0.05, 0) is 41.7 Å². The minimum absolute atomic E-state index is 0.135. The molecule has 0 saturated heterocycles. The first-order chi connectivity index (χ1) is 9.41. The lowest BCUT2D eigenvalue weighted by molar-refractivity contribution is -0.173. The number of rotatable bonds is 3. The maximum Gasteiger partial charge on any atom is 0.471 e. The van der Waals surface area contributed by atoms with Gasteiger partial charge in [0.15, 0.2) is 0 Å². The summed E-state index contributed by atoms with van der Waals surface area (Å²) in [7, 11) is 1.56. The number of fused-ring (bicyclic) bond motifs is 1. The fraction of sp³-hybridized carbons (Fsp3) is 0.357. The van der Waals surface area contributed by atoms with Gasteiger partial charge in [-0.1, -0.05) is 12.1 Å². The van der Waals surface area contributed by atoms with E-state index in [1.807, 2.05) is 23.5 Å². The van der Waals surface area contributed by atoms with Gasteiger partial charge in [0.2, 0.25) is 0 Å². The molecule has 1 aromatic carbocycles. The van der Waals surface area contributed by atoms with E-state index < -0.39 is 12.1 Å². The highest BCUT2D eigenvalue weighted by molar-refractivity contribution is 5.82. The summed E-state index contributed by atoms with van der Waals surface area (Å²) in [6, 6.07) is 5.66. The zero-order valence-electron chi connectivity index (χ0n) is 10.9. The maximum atomic E-state index is 12.0. The zero-order valence-corrected chi connectivity index (χ0v) is 10.9. The van der Waals surface area contributed by atoms with Crippen LogP contribution in [0.5, 0.6) is 5.75 Å². The first kappa shape index (κ1) is 14.4. The zero-order chi connectivity index (χ0) is 14.8. The van der Waals surface area contributed by atoms with Crippen LogP contribution in [0.2, 0.25) is 0 Å². The summed E-state index contributed by atoms with van der Waals surface area (Å²) in [4.78, 5) is 10.7. The minimum atomic E-state index is -4.84. The summed E-state index contributed by atoms with van der Waals surface area (Å²) in [6.45, 7) is -0.135. The average molecular weight is 285 g/mol. The van der Waals surface area contributed by atoms with Crippen molar-refractivity contribution in [3.05, 3.63) is 35.4 Å². The molecule has 1 aliphatic carbocycles. The Morgan fingerprint density at radius 1 is 1.40 bits per heavy atom. The van der Waals surface area contributed by atoms with Gasteiger partial charge in [-0.3, -0.25) is 4.79 Å². The van der Waals surface area contributed by atoms with Crippen LogP contribution in [0.3, 0.4) is 0 Å². The number of hydrogen-bond acceptors (Lipinski definition) is 2. The van der Waals surface area contributed by atoms with Crippen LogP contribution in [-0.2, 0) is 11.2 Å². The predicted octanol–water partition coefficient (Wildman–Crippen LogP) is 2.70. The van der Waals surface area contributed by atoms with E-state index in [-0.39, 0.29) is 6.54 Å². The molecule has 0 unspecified atom stereocenters. The molecule has 0 aromatic heterocycles. The molecule has 0 heterocycles. The highest BCUT2D eigenvalue weighted by Gasteiger charge is 2.38. The molecule has 0 aliphatic heterocycles. The van der Waals surface area contributed by atoms with Crippen LogP contribution < -0.4 is 10.1 Å². The number of amides is 1. The Morgan fingerprint density at radius 2 is 2.15 bits per heavy atom. The molecule has 0 radical (unpaired) electrons. The number of carbonyl (C=O) groups is 1. The number of halogens is 3. The summed E-state index contributed by atoms with van der Waals surface area (Å²) in [5, 5.41) is 1.84. The highest BCUT2D eigenvalue weighted by Crippen LogP contribution is 2.34. The van der Waals surface area contributed by atoms with Crippen molar-refractivity contribution in [1.82, 2.24) is 5.32 Å². The van der Waals surface area contributed by atoms with Crippen molar-refractivity contribution in [2.24, 2.45) is 0 Å². The molecular weight excluding hydrogens is 271 g/mol. The molecule has 20 heavy (non-hydrogen) atoms. The number of ether oxygens (including phenoxy) is 1. The smallest absolute Gasteiger partial charge is 0.471 e. The molecule has 0 bridgehead atoms. The third-order valence-corrected chi connectivity index (χ3v) is 3.20. The second kappa shape index (κ2) is 5.56. The lowest BCUT2D eigenvalue weighted by atomic mass is 10.1. The van der Waals surface area contributed by atoms with E-state index in [4.69, 9.17) is 4.74 Å². The van der Waals surface area contributed by atoms with Crippen LogP contribution >= 0.6 is 0 Å². The molecule has 6 heteroatoms. The molecule has 1 amide bonds. The van der Waals surface area contributed by atoms with Crippen LogP contribution in [0.4, 0.5) is 13.2 Å². The second-order valence-electron chi connectivity index (χ2n) is 4.46. The van der Waals surface area contributed by atoms with Gasteiger partial charge in [0.1, 0.15) is 5.75 Å². The normalized spacial score (nSPS) is 16.1. The summed E-state index contributed by atoms with van der Waals surface area (Å²) in [6.07, 6.45) is -1.62. The predicted molar refractivity (Wildman–Crippen MR) is 68.4 cm³/mol. The van der Waals surface area contributed by atoms with Crippen LogP contribution in [0, 0.1) is 0 Å². The third-order valence-electron chi connectivity index (χ3n) is 3.20. The van der Waals surface area contributed by atoms with E-state index >= 15 is 0 Å². The van der Waals surface area contributed by atoms with E-state index in [0.717, 1.165) is 29.5 Å². The number of methoxy groups -OCH3 is 1. The van der Waals surface area contributed by atoms with E-state index in [2.05, 4.69) is 0 Å². The number of allylic oxidation sites excluding steroid dienone is 1. The first-order valence-corrected chi connectivity index (χ1v) is 6.13. The van der Waals surface area contributed by atoms with Crippen molar-refractivity contribution in [1.29, 1.82) is 0 Å². The van der Waals surface area contributed by atoms with E-state index in [9.17, 15) is 18.0 Å². The third kappa shape index (κ3) is 3.12. The average Bonchev–Trinajstić information content (AvgIpc) is 2.80. The first-order valence-electron chi connectivity index (χ1n) is 6.13. The number of alkyl halides is 3. The molecule has 1 aromatic rings. The number of benzene rings is 1. The van der Waals surface area contributed by atoms with Gasteiger partial charge in [-0.2, -0.15) is 13.2 Å². The fourth-order valence-corrected chi connectivity index (χ4v) is 2.18. The molecule has 0 spiro atoms. The Morgan fingerprint density at radius 3 is 2.80 bits per heavy atom. The van der Waals surface area contributed by atoms with Crippen molar-refractivity contribution >= 4 is 11.5 Å². The van der Waals surface area contributed by atoms with E-state index in [1.165, 1.54) is 0 Å². The van der Waals surface area contributed by atoms with Gasteiger partial charge in [0.25, 0.3) is 0 Å². The summed E-state index contributed by atoms with van der Waals surface area (Å²) in [5.41, 5.74) is 3.05. The number of carbonyl (C=O) groups excluding carboxylic acids is 1. The summed E-state index contributed by atoms with van der Waals surface area (Å²) in [5.74, 6) is -1.21. The Hall–Kier alpha value is -1.98. The number of hydrogen-bond donors (Lipinski definition) is 1. The molecular formula is C14H14F3NO2. The van der Waals surface area contributed by atoms with Gasteiger partial charge in [-0.25, -0.2) is 0 Å². The van der Waals surface area contributed by atoms with Crippen molar-refractivity contribution in [2.75, 3.05) is 13.7 Å². The van der Waals surface area contributed by atoms with Gasteiger partial charge >= 0.3 is 12.1 Å². The van der Waals surface area contributed by atoms with E-state index in [0.29, 0.717) is 5.75 Å². The number of aryl methyl sites for hydroxylation is 1. The lowest BCUT2D eigenvalue weighted by Gasteiger charge is -2.07. The molecule has 3 nitrogen and oxygen atoms in total. The van der Waals surface area contributed by atoms with Gasteiger partial charge in [0, 0.05) is 6.54 Å². The molecule has 1 aliphatic rings. The second-order valence-corrected chi connectivity index (χ2v) is 4.46. The Bertz CT molecular complexity index is 550. The van der Waals surface area contributed by atoms with Crippen LogP contribution in [0.25, 0.3) is 5.57 Å². The Balaban J connectivity index is 2.06. The molecule has 1 N–H and O–H groups in total. The quantitative estimate of drug-likeness (QED) is 0.927. The minimum Gasteiger partial charge on any atom is -0.497 e. The van der Waals surface area contributed by atoms with Crippen molar-refractivity contribution < 1.29 is 22.7 Å². The maximum absolute atomic E-state index is 12.0. The molecule has 0 atom stereocenters. The largest absolute Gasteiger partial charge is 0.497 e. The molecule has 0 saturated carbocycles. The topological polar surface area (TPSA) is 38.3 Å². The van der Waals surface area contributed by atoms with Gasteiger partial charge < -0.3 is 10.1 Å². The van der Waals surface area contributed by atoms with Crippen LogP contribution in [-0.4, -0.2) is 25.7 Å². The lowest BCUT2D eigenvalue weighted by Crippen LogP contribution is -2.36. The number of nitrogens with one attached hydrogen (secondary N) is 1. The van der Waals surface area contributed by atoms with Crippen LogP contribution in [0.15, 0.2) is 24.3 Å². The standard InChI is InChI=1S/C14H14F3NO2/c1-20-11-5-4-9-2-3-10(12(9)8-11)6-7-18-13(19)14(15,16)17/h4-6,8H,2-3,7H2,1H3,(H,18,19). The molecule has 2 rings (SSSR count). The van der Waals surface area contributed by atoms with Crippen molar-refractivity contribution in [2.45, 2.75) is 19.0 Å².